The molecule has 3 heteroatoms. The van der Waals surface area contributed by atoms with Crippen LogP contribution in [0.25, 0.3) is 0 Å². The predicted molar refractivity (Wildman–Crippen MR) is 68.9 cm³/mol. The lowest BCUT2D eigenvalue weighted by Gasteiger charge is -2.08. The van der Waals surface area contributed by atoms with Crippen molar-refractivity contribution in [1.82, 2.24) is 4.57 Å². The lowest BCUT2D eigenvalue weighted by molar-refractivity contribution is 0.622. The highest BCUT2D eigenvalue weighted by Crippen LogP contribution is 2.18. The summed E-state index contributed by atoms with van der Waals surface area (Å²) in [4.78, 5) is 0. The third kappa shape index (κ3) is 2.14. The zero-order valence-corrected chi connectivity index (χ0v) is 10.8. The largest absolute Gasteiger partial charge is 0.347 e. The smallest absolute Gasteiger partial charge is 0.123 e. The van der Waals surface area contributed by atoms with Gasteiger partial charge in [0, 0.05) is 18.4 Å². The van der Waals surface area contributed by atoms with Crippen molar-refractivity contribution in [1.29, 1.82) is 5.26 Å². The van der Waals surface area contributed by atoms with E-state index in [1.54, 1.807) is 0 Å². The molecule has 18 heavy (non-hydrogen) atoms. The molecule has 0 bridgehead atoms. The SMILES string of the molecule is Cc1cn(Cc2cc(F)ccc2C#N)c(C)c1C. The summed E-state index contributed by atoms with van der Waals surface area (Å²) >= 11 is 0. The molecule has 1 heterocycles. The van der Waals surface area contributed by atoms with Crippen molar-refractivity contribution in [3.05, 3.63) is 58.2 Å². The highest BCUT2D eigenvalue weighted by Gasteiger charge is 2.09. The van der Waals surface area contributed by atoms with Gasteiger partial charge in [0.25, 0.3) is 0 Å². The summed E-state index contributed by atoms with van der Waals surface area (Å²) < 4.78 is 15.3. The van der Waals surface area contributed by atoms with Gasteiger partial charge in [0.05, 0.1) is 11.6 Å². The molecule has 0 unspecified atom stereocenters. The van der Waals surface area contributed by atoms with Crippen LogP contribution in [-0.2, 0) is 6.54 Å². The average Bonchev–Trinajstić information content (AvgIpc) is 2.57. The van der Waals surface area contributed by atoms with E-state index < -0.39 is 0 Å². The fraction of sp³-hybridized carbons (Fsp3) is 0.267. The number of hydrogen-bond acceptors (Lipinski definition) is 1. The molecule has 0 aliphatic rings. The molecule has 0 saturated carbocycles. The van der Waals surface area contributed by atoms with Crippen LogP contribution in [0.3, 0.4) is 0 Å². The monoisotopic (exact) mass is 242 g/mol. The minimum Gasteiger partial charge on any atom is -0.347 e. The van der Waals surface area contributed by atoms with E-state index in [1.165, 1.54) is 29.3 Å². The number of nitriles is 1. The molecule has 0 saturated heterocycles. The van der Waals surface area contributed by atoms with Gasteiger partial charge in [-0.25, -0.2) is 4.39 Å². The average molecular weight is 242 g/mol. The molecular formula is C15H15FN2. The van der Waals surface area contributed by atoms with Gasteiger partial charge in [0.15, 0.2) is 0 Å². The van der Waals surface area contributed by atoms with Gasteiger partial charge < -0.3 is 4.57 Å². The second-order valence-corrected chi connectivity index (χ2v) is 4.56. The Kier molecular flexibility index (Phi) is 3.20. The van der Waals surface area contributed by atoms with Crippen LogP contribution in [-0.4, -0.2) is 4.57 Å². The Labute approximate surface area is 106 Å². The van der Waals surface area contributed by atoms with Crippen LogP contribution in [0.15, 0.2) is 24.4 Å². The number of hydrogen-bond donors (Lipinski definition) is 0. The zero-order valence-electron chi connectivity index (χ0n) is 10.8. The molecule has 0 radical (unpaired) electrons. The molecule has 0 aliphatic heterocycles. The molecule has 2 aromatic rings. The van der Waals surface area contributed by atoms with Gasteiger partial charge in [0.2, 0.25) is 0 Å². The van der Waals surface area contributed by atoms with Crippen molar-refractivity contribution in [2.75, 3.05) is 0 Å². The Hall–Kier alpha value is -2.08. The van der Waals surface area contributed by atoms with Gasteiger partial charge in [-0.3, -0.25) is 0 Å². The Morgan fingerprint density at radius 3 is 2.56 bits per heavy atom. The normalized spacial score (nSPS) is 10.4. The molecule has 0 fully saturated rings. The van der Waals surface area contributed by atoms with E-state index in [9.17, 15) is 4.39 Å². The molecule has 0 atom stereocenters. The van der Waals surface area contributed by atoms with E-state index in [-0.39, 0.29) is 5.82 Å². The van der Waals surface area contributed by atoms with Crippen molar-refractivity contribution >= 4 is 0 Å². The topological polar surface area (TPSA) is 28.7 Å². The second kappa shape index (κ2) is 4.66. The molecule has 0 amide bonds. The van der Waals surface area contributed by atoms with Gasteiger partial charge in [-0.1, -0.05) is 0 Å². The minimum atomic E-state index is -0.303. The lowest BCUT2D eigenvalue weighted by atomic mass is 10.1. The number of nitrogens with zero attached hydrogens (tertiary/aromatic N) is 2. The van der Waals surface area contributed by atoms with E-state index >= 15 is 0 Å². The Balaban J connectivity index is 2.43. The van der Waals surface area contributed by atoms with Crippen LogP contribution in [0, 0.1) is 37.9 Å². The molecule has 0 spiro atoms. The van der Waals surface area contributed by atoms with Crippen molar-refractivity contribution in [3.63, 3.8) is 0 Å². The summed E-state index contributed by atoms with van der Waals surface area (Å²) in [6, 6.07) is 6.39. The summed E-state index contributed by atoms with van der Waals surface area (Å²) in [5, 5.41) is 9.03. The Bertz CT molecular complexity index is 633. The Morgan fingerprint density at radius 1 is 1.28 bits per heavy atom. The van der Waals surface area contributed by atoms with E-state index in [1.807, 2.05) is 13.1 Å². The first-order chi connectivity index (χ1) is 8.52. The number of halogens is 1. The quantitative estimate of drug-likeness (QED) is 0.792. The number of benzene rings is 1. The summed E-state index contributed by atoms with van der Waals surface area (Å²) in [6.07, 6.45) is 2.04. The van der Waals surface area contributed by atoms with E-state index in [2.05, 4.69) is 24.5 Å². The highest BCUT2D eigenvalue weighted by atomic mass is 19.1. The van der Waals surface area contributed by atoms with Crippen LogP contribution >= 0.6 is 0 Å². The van der Waals surface area contributed by atoms with Crippen molar-refractivity contribution in [3.8, 4) is 6.07 Å². The first-order valence-electron chi connectivity index (χ1n) is 5.84. The van der Waals surface area contributed by atoms with E-state index in [0.29, 0.717) is 12.1 Å². The molecule has 0 aliphatic carbocycles. The predicted octanol–water partition coefficient (Wildman–Crippen LogP) is 3.47. The third-order valence-corrected chi connectivity index (χ3v) is 3.44. The highest BCUT2D eigenvalue weighted by molar-refractivity contribution is 5.39. The molecule has 0 N–H and O–H groups in total. The molecular weight excluding hydrogens is 227 g/mol. The number of aryl methyl sites for hydroxylation is 1. The van der Waals surface area contributed by atoms with Crippen molar-refractivity contribution < 1.29 is 4.39 Å². The molecule has 2 rings (SSSR count). The first-order valence-corrected chi connectivity index (χ1v) is 5.84. The maximum Gasteiger partial charge on any atom is 0.123 e. The maximum atomic E-state index is 13.3. The first kappa shape index (κ1) is 12.4. The summed E-state index contributed by atoms with van der Waals surface area (Å²) in [7, 11) is 0. The number of aromatic nitrogens is 1. The lowest BCUT2D eigenvalue weighted by Crippen LogP contribution is -2.03. The summed E-state index contributed by atoms with van der Waals surface area (Å²) in [5.41, 5.74) is 4.85. The van der Waals surface area contributed by atoms with Gasteiger partial charge in [-0.05, 0) is 55.7 Å². The van der Waals surface area contributed by atoms with Crippen molar-refractivity contribution in [2.45, 2.75) is 27.3 Å². The van der Waals surface area contributed by atoms with Crippen molar-refractivity contribution in [2.24, 2.45) is 0 Å². The summed E-state index contributed by atoms with van der Waals surface area (Å²) in [6.45, 7) is 6.68. The number of rotatable bonds is 2. The van der Waals surface area contributed by atoms with E-state index in [4.69, 9.17) is 5.26 Å². The third-order valence-electron chi connectivity index (χ3n) is 3.44. The van der Waals surface area contributed by atoms with Crippen LogP contribution in [0.4, 0.5) is 4.39 Å². The second-order valence-electron chi connectivity index (χ2n) is 4.56. The standard InChI is InChI=1S/C15H15FN2/c1-10-8-18(12(3)11(10)2)9-14-6-15(16)5-4-13(14)7-17/h4-6,8H,9H2,1-3H3. The maximum absolute atomic E-state index is 13.3. The minimum absolute atomic E-state index is 0.303. The summed E-state index contributed by atoms with van der Waals surface area (Å²) in [5.74, 6) is -0.303. The fourth-order valence-electron chi connectivity index (χ4n) is 2.08. The van der Waals surface area contributed by atoms with Gasteiger partial charge in [-0.2, -0.15) is 5.26 Å². The van der Waals surface area contributed by atoms with Crippen LogP contribution in [0.2, 0.25) is 0 Å². The fourth-order valence-corrected chi connectivity index (χ4v) is 2.08. The van der Waals surface area contributed by atoms with Crippen LogP contribution < -0.4 is 0 Å². The van der Waals surface area contributed by atoms with Crippen LogP contribution in [0.5, 0.6) is 0 Å². The van der Waals surface area contributed by atoms with Gasteiger partial charge in [-0.15, -0.1) is 0 Å². The molecule has 1 aromatic carbocycles. The molecule has 2 nitrogen and oxygen atoms in total. The van der Waals surface area contributed by atoms with Crippen LogP contribution in [0.1, 0.15) is 27.9 Å². The van der Waals surface area contributed by atoms with Gasteiger partial charge in [0.1, 0.15) is 5.82 Å². The van der Waals surface area contributed by atoms with E-state index in [0.717, 1.165) is 11.3 Å². The molecule has 1 aromatic heterocycles. The van der Waals surface area contributed by atoms with Gasteiger partial charge >= 0.3 is 0 Å². The zero-order chi connectivity index (χ0) is 13.3. The molecule has 92 valence electrons. The Morgan fingerprint density at radius 2 is 2.00 bits per heavy atom.